The molecule has 11 nitrogen and oxygen atoms in total. The fourth-order valence-corrected chi connectivity index (χ4v) is 9.40. The van der Waals surface area contributed by atoms with Crippen molar-refractivity contribution in [2.75, 3.05) is 40.8 Å². The molecule has 0 radical (unpaired) electrons. The number of likely N-dealkylation sites (tertiary alicyclic amines) is 1. The second-order valence-electron chi connectivity index (χ2n) is 13.0. The molecule has 42 heavy (non-hydrogen) atoms. The summed E-state index contributed by atoms with van der Waals surface area (Å²) in [6.07, 6.45) is 6.79. The van der Waals surface area contributed by atoms with E-state index in [1.54, 1.807) is 21.0 Å². The summed E-state index contributed by atoms with van der Waals surface area (Å²) in [5, 5.41) is 16.5. The van der Waals surface area contributed by atoms with E-state index in [0.717, 1.165) is 45.2 Å². The molecule has 2 aliphatic carbocycles. The molecule has 242 valence electrons. The van der Waals surface area contributed by atoms with Gasteiger partial charge in [-0.3, -0.25) is 31.0 Å². The first-order valence-corrected chi connectivity index (χ1v) is 17.7. The highest BCUT2D eigenvalue weighted by Gasteiger charge is 2.44. The average Bonchev–Trinajstić information content (AvgIpc) is 3.45. The van der Waals surface area contributed by atoms with Crippen molar-refractivity contribution in [3.05, 3.63) is 12.7 Å². The largest absolute Gasteiger partial charge is 0.380 e. The van der Waals surface area contributed by atoms with Gasteiger partial charge in [-0.25, -0.2) is 8.42 Å². The fourth-order valence-electron chi connectivity index (χ4n) is 7.30. The molecule has 4 fully saturated rings. The molecule has 4 rings (SSSR count). The average molecular weight is 632 g/mol. The van der Waals surface area contributed by atoms with E-state index in [0.29, 0.717) is 25.4 Å². The fraction of sp³-hybridized carbons (Fsp3) is 0.897. The number of hydrogen-bond donors (Lipinski definition) is 5. The van der Waals surface area contributed by atoms with Crippen LogP contribution in [0.25, 0.3) is 0 Å². The van der Waals surface area contributed by atoms with Crippen molar-refractivity contribution in [1.82, 2.24) is 36.4 Å². The molecule has 10 atom stereocenters. The molecule has 0 spiro atoms. The molecule has 2 heterocycles. The number of sulfone groups is 1. The number of halogens is 1. The highest BCUT2D eigenvalue weighted by molar-refractivity contribution is 7.92. The number of carbonyl (C=O) groups excluding carboxylic acids is 1. The number of nitrogens with zero attached hydrogens (tertiary/aromatic N) is 2. The van der Waals surface area contributed by atoms with Crippen molar-refractivity contribution in [3.63, 3.8) is 0 Å². The lowest BCUT2D eigenvalue weighted by atomic mass is 9.83. The Morgan fingerprint density at radius 1 is 1.12 bits per heavy atom. The Morgan fingerprint density at radius 2 is 1.86 bits per heavy atom. The Morgan fingerprint density at radius 3 is 2.50 bits per heavy atom. The molecule has 5 N–H and O–H groups in total. The van der Waals surface area contributed by atoms with Crippen LogP contribution in [-0.2, 0) is 19.4 Å². The van der Waals surface area contributed by atoms with Crippen LogP contribution in [0.1, 0.15) is 58.8 Å². The minimum absolute atomic E-state index is 0.0325. The molecule has 2 saturated heterocycles. The van der Waals surface area contributed by atoms with Crippen LogP contribution < -0.4 is 26.6 Å². The topological polar surface area (TPSA) is 127 Å². The van der Waals surface area contributed by atoms with Gasteiger partial charge in [-0.05, 0) is 66.1 Å². The van der Waals surface area contributed by atoms with Gasteiger partial charge in [-0.2, -0.15) is 0 Å². The quantitative estimate of drug-likeness (QED) is 0.163. The number of carbonyl (C=O) groups is 1. The molecule has 0 aromatic heterocycles. The Bertz CT molecular complexity index is 1020. The zero-order valence-corrected chi connectivity index (χ0v) is 27.6. The SMILES string of the molecule is C=CC(=O)NC1CC(NC2NCC(Cl)C(NC3CCCCC3S(=O)(=O)C(C)C)N2)C(OC)CC1N1CCC(N(C)C)C1. The smallest absolute Gasteiger partial charge is 0.243 e. The molecule has 10 unspecified atom stereocenters. The monoisotopic (exact) mass is 631 g/mol. The van der Waals surface area contributed by atoms with Gasteiger partial charge in [0.05, 0.1) is 28.1 Å². The van der Waals surface area contributed by atoms with Gasteiger partial charge in [-0.15, -0.1) is 11.6 Å². The van der Waals surface area contributed by atoms with Crippen molar-refractivity contribution >= 4 is 27.3 Å². The van der Waals surface area contributed by atoms with E-state index in [1.165, 1.54) is 6.08 Å². The van der Waals surface area contributed by atoms with Gasteiger partial charge in [0.15, 0.2) is 9.84 Å². The summed E-state index contributed by atoms with van der Waals surface area (Å²) in [4.78, 5) is 17.3. The van der Waals surface area contributed by atoms with Crippen molar-refractivity contribution in [3.8, 4) is 0 Å². The van der Waals surface area contributed by atoms with Gasteiger partial charge in [0, 0.05) is 57.0 Å². The summed E-state index contributed by atoms with van der Waals surface area (Å²) in [6, 6.07) is 0.441. The normalized spacial score (nSPS) is 38.6. The molecule has 2 saturated carbocycles. The van der Waals surface area contributed by atoms with E-state index in [1.807, 2.05) is 0 Å². The highest BCUT2D eigenvalue weighted by Crippen LogP contribution is 2.31. The zero-order chi connectivity index (χ0) is 30.6. The second-order valence-corrected chi connectivity index (χ2v) is 16.3. The van der Waals surface area contributed by atoms with Crippen LogP contribution in [0.3, 0.4) is 0 Å². The Hall–Kier alpha value is -0.830. The van der Waals surface area contributed by atoms with E-state index in [-0.39, 0.29) is 54.0 Å². The van der Waals surface area contributed by atoms with Gasteiger partial charge in [0.2, 0.25) is 5.91 Å². The van der Waals surface area contributed by atoms with Crippen LogP contribution >= 0.6 is 11.6 Å². The van der Waals surface area contributed by atoms with E-state index >= 15 is 0 Å². The number of alkyl halides is 1. The van der Waals surface area contributed by atoms with Crippen LogP contribution in [0.2, 0.25) is 0 Å². The number of hydrogen-bond acceptors (Lipinski definition) is 10. The maximum atomic E-state index is 13.1. The summed E-state index contributed by atoms with van der Waals surface area (Å²) in [6.45, 7) is 9.73. The van der Waals surface area contributed by atoms with Gasteiger partial charge in [-0.1, -0.05) is 19.4 Å². The van der Waals surface area contributed by atoms with Gasteiger partial charge >= 0.3 is 0 Å². The van der Waals surface area contributed by atoms with Crippen LogP contribution in [0.5, 0.6) is 0 Å². The van der Waals surface area contributed by atoms with Gasteiger partial charge < -0.3 is 15.0 Å². The maximum absolute atomic E-state index is 13.1. The molecule has 1 amide bonds. The minimum atomic E-state index is -3.23. The summed E-state index contributed by atoms with van der Waals surface area (Å²) >= 11 is 6.76. The van der Waals surface area contributed by atoms with Crippen molar-refractivity contribution in [2.24, 2.45) is 0 Å². The molecule has 0 aromatic carbocycles. The third kappa shape index (κ3) is 8.06. The van der Waals surface area contributed by atoms with Crippen LogP contribution in [-0.4, -0.2) is 130 Å². The summed E-state index contributed by atoms with van der Waals surface area (Å²) < 4.78 is 32.3. The summed E-state index contributed by atoms with van der Waals surface area (Å²) in [7, 11) is 2.77. The number of amides is 1. The first-order valence-electron chi connectivity index (χ1n) is 15.7. The number of ether oxygens (including phenoxy) is 1. The van der Waals surface area contributed by atoms with Crippen molar-refractivity contribution in [1.29, 1.82) is 0 Å². The van der Waals surface area contributed by atoms with Crippen LogP contribution in [0.4, 0.5) is 0 Å². The van der Waals surface area contributed by atoms with E-state index in [4.69, 9.17) is 16.3 Å². The van der Waals surface area contributed by atoms with Gasteiger partial charge in [0.25, 0.3) is 0 Å². The second kappa shape index (κ2) is 15.0. The van der Waals surface area contributed by atoms with E-state index in [2.05, 4.69) is 57.1 Å². The number of likely N-dealkylation sites (N-methyl/N-ethyl adjacent to an activating group) is 1. The summed E-state index contributed by atoms with van der Waals surface area (Å²) in [5.74, 6) is -0.162. The molecular weight excluding hydrogens is 578 g/mol. The third-order valence-electron chi connectivity index (χ3n) is 9.89. The van der Waals surface area contributed by atoms with Crippen molar-refractivity contribution < 1.29 is 17.9 Å². The lowest BCUT2D eigenvalue weighted by Gasteiger charge is -2.47. The molecule has 4 aliphatic rings. The van der Waals surface area contributed by atoms with Crippen LogP contribution in [0.15, 0.2) is 12.7 Å². The number of rotatable bonds is 11. The van der Waals surface area contributed by atoms with E-state index in [9.17, 15) is 13.2 Å². The minimum Gasteiger partial charge on any atom is -0.380 e. The maximum Gasteiger partial charge on any atom is 0.243 e. The van der Waals surface area contributed by atoms with Crippen LogP contribution in [0, 0.1) is 0 Å². The lowest BCUT2D eigenvalue weighted by Crippen LogP contribution is -2.73. The molecule has 13 heteroatoms. The predicted molar refractivity (Wildman–Crippen MR) is 168 cm³/mol. The molecular formula is C29H54ClN7O4S. The Kier molecular flexibility index (Phi) is 12.1. The first-order chi connectivity index (χ1) is 19.9. The molecule has 2 aliphatic heterocycles. The van der Waals surface area contributed by atoms with Gasteiger partial charge in [0.1, 0.15) is 6.29 Å². The standard InChI is InChI=1S/C29H54ClN7O4S/c1-7-27(38)32-22-14-23(25(41-6)15-24(22)37-13-12-19(17-37)36(4)5)34-29-31-16-20(30)28(35-29)33-21-10-8-9-11-26(21)42(39,40)18(2)3/h7,18-26,28-29,31,33-35H,1,8-17H2,2-6H3,(H,32,38). The highest BCUT2D eigenvalue weighted by atomic mass is 35.5. The summed E-state index contributed by atoms with van der Waals surface area (Å²) in [5.41, 5.74) is 0. The van der Waals surface area contributed by atoms with Crippen molar-refractivity contribution in [2.45, 2.75) is 123 Å². The Labute approximate surface area is 258 Å². The molecule has 0 bridgehead atoms. The lowest BCUT2D eigenvalue weighted by molar-refractivity contribution is -0.118. The number of nitrogens with one attached hydrogen (secondary N) is 5. The zero-order valence-electron chi connectivity index (χ0n) is 26.0. The third-order valence-corrected chi connectivity index (χ3v) is 13.0. The van der Waals surface area contributed by atoms with E-state index < -0.39 is 20.3 Å². The predicted octanol–water partition coefficient (Wildman–Crippen LogP) is 0.563. The Balaban J connectivity index is 1.43. The number of methoxy groups -OCH3 is 1. The molecule has 0 aromatic rings. The first kappa shape index (κ1) is 34.1.